The smallest absolute Gasteiger partial charge is 0.131 e. The molecule has 0 radical (unpaired) electrons. The highest BCUT2D eigenvalue weighted by Crippen LogP contribution is 2.25. The number of anilines is 1. The number of hydrogen-bond donors (Lipinski definition) is 0. The molecule has 0 N–H and O–H groups in total. The number of pyridine rings is 1. The van der Waals surface area contributed by atoms with Crippen LogP contribution >= 0.6 is 15.9 Å². The van der Waals surface area contributed by atoms with Gasteiger partial charge in [0.1, 0.15) is 5.82 Å². The summed E-state index contributed by atoms with van der Waals surface area (Å²) in [7, 11) is 0. The average Bonchev–Trinajstić information content (AvgIpc) is 2.20. The van der Waals surface area contributed by atoms with E-state index in [-0.39, 0.29) is 0 Å². The van der Waals surface area contributed by atoms with Crippen molar-refractivity contribution in [2.45, 2.75) is 26.7 Å². The average molecular weight is 269 g/mol. The van der Waals surface area contributed by atoms with E-state index in [0.29, 0.717) is 0 Å². The molecule has 1 aliphatic heterocycles. The number of nitrogens with zero attached hydrogens (tertiary/aromatic N) is 2. The van der Waals surface area contributed by atoms with Gasteiger partial charge in [-0.2, -0.15) is 0 Å². The molecule has 3 heteroatoms. The predicted octanol–water partition coefficient (Wildman–Crippen LogP) is 3.39. The number of aromatic nitrogens is 1. The van der Waals surface area contributed by atoms with Crippen LogP contribution in [0.2, 0.25) is 0 Å². The molecule has 0 saturated carbocycles. The largest absolute Gasteiger partial charge is 0.356 e. The highest BCUT2D eigenvalue weighted by atomic mass is 79.9. The van der Waals surface area contributed by atoms with Gasteiger partial charge >= 0.3 is 0 Å². The van der Waals surface area contributed by atoms with Gasteiger partial charge in [0, 0.05) is 23.8 Å². The van der Waals surface area contributed by atoms with Crippen molar-refractivity contribution in [3.63, 3.8) is 0 Å². The minimum atomic E-state index is 0.872. The van der Waals surface area contributed by atoms with Crippen molar-refractivity contribution in [1.82, 2.24) is 4.98 Å². The third-order valence-corrected chi connectivity index (χ3v) is 3.53. The maximum atomic E-state index is 4.51. The number of piperidine rings is 1. The lowest BCUT2D eigenvalue weighted by molar-refractivity contribution is 0.436. The lowest BCUT2D eigenvalue weighted by Gasteiger charge is -2.32. The van der Waals surface area contributed by atoms with Gasteiger partial charge in [0.2, 0.25) is 0 Å². The lowest BCUT2D eigenvalue weighted by Crippen LogP contribution is -2.33. The molecule has 0 unspecified atom stereocenters. The lowest BCUT2D eigenvalue weighted by atomic mass is 9.99. The van der Waals surface area contributed by atoms with Gasteiger partial charge in [0.25, 0.3) is 0 Å². The second kappa shape index (κ2) is 4.52. The Morgan fingerprint density at radius 1 is 1.40 bits per heavy atom. The summed E-state index contributed by atoms with van der Waals surface area (Å²) >= 11 is 3.45. The molecule has 1 aromatic rings. The van der Waals surface area contributed by atoms with Crippen molar-refractivity contribution in [3.05, 3.63) is 22.3 Å². The van der Waals surface area contributed by atoms with Crippen molar-refractivity contribution >= 4 is 21.7 Å². The summed E-state index contributed by atoms with van der Waals surface area (Å²) in [6.45, 7) is 6.76. The zero-order valence-corrected chi connectivity index (χ0v) is 10.9. The van der Waals surface area contributed by atoms with E-state index >= 15 is 0 Å². The van der Waals surface area contributed by atoms with Gasteiger partial charge in [-0.3, -0.25) is 0 Å². The van der Waals surface area contributed by atoms with Crippen LogP contribution in [0.1, 0.15) is 25.3 Å². The van der Waals surface area contributed by atoms with Crippen LogP contribution in [0.4, 0.5) is 5.82 Å². The van der Waals surface area contributed by atoms with E-state index in [2.05, 4.69) is 45.7 Å². The van der Waals surface area contributed by atoms with Crippen molar-refractivity contribution in [2.75, 3.05) is 18.0 Å². The SMILES string of the molecule is Cc1cc(Br)cnc1N1CCC(C)CC1. The number of aryl methyl sites for hydroxylation is 1. The van der Waals surface area contributed by atoms with Crippen LogP contribution in [-0.4, -0.2) is 18.1 Å². The van der Waals surface area contributed by atoms with Crippen LogP contribution in [0.5, 0.6) is 0 Å². The van der Waals surface area contributed by atoms with E-state index < -0.39 is 0 Å². The fraction of sp³-hybridized carbons (Fsp3) is 0.583. The summed E-state index contributed by atoms with van der Waals surface area (Å²) in [5, 5.41) is 0. The Hall–Kier alpha value is -0.570. The molecule has 0 aromatic carbocycles. The van der Waals surface area contributed by atoms with Gasteiger partial charge in [-0.25, -0.2) is 4.98 Å². The molecule has 0 atom stereocenters. The summed E-state index contributed by atoms with van der Waals surface area (Å²) < 4.78 is 1.06. The van der Waals surface area contributed by atoms with E-state index in [4.69, 9.17) is 0 Å². The first-order valence-corrected chi connectivity index (χ1v) is 6.33. The molecule has 1 aliphatic rings. The third-order valence-electron chi connectivity index (χ3n) is 3.10. The molecule has 0 bridgehead atoms. The quantitative estimate of drug-likeness (QED) is 0.776. The topological polar surface area (TPSA) is 16.1 Å². The highest BCUT2D eigenvalue weighted by molar-refractivity contribution is 9.10. The zero-order chi connectivity index (χ0) is 10.8. The Morgan fingerprint density at radius 3 is 2.67 bits per heavy atom. The summed E-state index contributed by atoms with van der Waals surface area (Å²) in [6, 6.07) is 2.14. The van der Waals surface area contributed by atoms with Crippen LogP contribution < -0.4 is 4.90 Å². The molecule has 2 rings (SSSR count). The van der Waals surface area contributed by atoms with E-state index in [1.54, 1.807) is 0 Å². The van der Waals surface area contributed by atoms with Gasteiger partial charge < -0.3 is 4.90 Å². The third kappa shape index (κ3) is 2.51. The fourth-order valence-corrected chi connectivity index (χ4v) is 2.53. The standard InChI is InChI=1S/C12H17BrN2/c1-9-3-5-15(6-4-9)12-10(2)7-11(13)8-14-12/h7-9H,3-6H2,1-2H3. The Bertz CT molecular complexity index is 343. The fourth-order valence-electron chi connectivity index (χ4n) is 2.08. The number of hydrogen-bond acceptors (Lipinski definition) is 2. The highest BCUT2D eigenvalue weighted by Gasteiger charge is 2.18. The van der Waals surface area contributed by atoms with E-state index in [9.17, 15) is 0 Å². The van der Waals surface area contributed by atoms with Crippen molar-refractivity contribution in [1.29, 1.82) is 0 Å². The molecule has 1 fully saturated rings. The molecule has 0 aliphatic carbocycles. The molecular formula is C12H17BrN2. The first kappa shape index (κ1) is 10.9. The van der Waals surface area contributed by atoms with E-state index in [1.807, 2.05) is 6.20 Å². The molecule has 1 aromatic heterocycles. The Balaban J connectivity index is 2.15. The summed E-state index contributed by atoms with van der Waals surface area (Å²) in [5.74, 6) is 2.03. The maximum Gasteiger partial charge on any atom is 0.131 e. The van der Waals surface area contributed by atoms with Crippen LogP contribution in [0.15, 0.2) is 16.7 Å². The molecule has 2 nitrogen and oxygen atoms in total. The first-order valence-electron chi connectivity index (χ1n) is 5.54. The minimum Gasteiger partial charge on any atom is -0.356 e. The molecule has 0 spiro atoms. The predicted molar refractivity (Wildman–Crippen MR) is 67.3 cm³/mol. The van der Waals surface area contributed by atoms with Gasteiger partial charge in [0.15, 0.2) is 0 Å². The van der Waals surface area contributed by atoms with E-state index in [0.717, 1.165) is 29.3 Å². The second-order valence-electron chi connectivity index (χ2n) is 4.46. The van der Waals surface area contributed by atoms with Gasteiger partial charge in [-0.15, -0.1) is 0 Å². The molecule has 2 heterocycles. The van der Waals surface area contributed by atoms with Gasteiger partial charge in [-0.1, -0.05) is 6.92 Å². The van der Waals surface area contributed by atoms with Crippen molar-refractivity contribution < 1.29 is 0 Å². The summed E-state index contributed by atoms with van der Waals surface area (Å²) in [6.07, 6.45) is 4.47. The molecule has 15 heavy (non-hydrogen) atoms. The van der Waals surface area contributed by atoms with Gasteiger partial charge in [-0.05, 0) is 53.2 Å². The van der Waals surface area contributed by atoms with Crippen molar-refractivity contribution in [3.8, 4) is 0 Å². The van der Waals surface area contributed by atoms with Gasteiger partial charge in [0.05, 0.1) is 0 Å². The van der Waals surface area contributed by atoms with Crippen LogP contribution in [-0.2, 0) is 0 Å². The molecule has 82 valence electrons. The Morgan fingerprint density at radius 2 is 2.07 bits per heavy atom. The normalized spacial score (nSPS) is 18.2. The van der Waals surface area contributed by atoms with Crippen LogP contribution in [0.25, 0.3) is 0 Å². The van der Waals surface area contributed by atoms with Crippen molar-refractivity contribution in [2.24, 2.45) is 5.92 Å². The number of halogens is 1. The molecular weight excluding hydrogens is 252 g/mol. The second-order valence-corrected chi connectivity index (χ2v) is 5.38. The molecule has 1 saturated heterocycles. The summed E-state index contributed by atoms with van der Waals surface area (Å²) in [5.41, 5.74) is 1.26. The zero-order valence-electron chi connectivity index (χ0n) is 9.33. The summed E-state index contributed by atoms with van der Waals surface area (Å²) in [4.78, 5) is 6.91. The Kier molecular flexibility index (Phi) is 3.29. The maximum absolute atomic E-state index is 4.51. The van der Waals surface area contributed by atoms with Crippen LogP contribution in [0.3, 0.4) is 0 Å². The molecule has 0 amide bonds. The van der Waals surface area contributed by atoms with Crippen LogP contribution in [0, 0.1) is 12.8 Å². The monoisotopic (exact) mass is 268 g/mol. The number of rotatable bonds is 1. The minimum absolute atomic E-state index is 0.872. The van der Waals surface area contributed by atoms with E-state index in [1.165, 1.54) is 18.4 Å². The Labute approximate surface area is 99.8 Å². The first-order chi connectivity index (χ1) is 7.16.